The average Bonchev–Trinajstić information content (AvgIpc) is 2.72. The summed E-state index contributed by atoms with van der Waals surface area (Å²) in [4.78, 5) is 0. The first-order chi connectivity index (χ1) is 8.96. The van der Waals surface area contributed by atoms with Gasteiger partial charge in [-0.15, -0.1) is 0 Å². The van der Waals surface area contributed by atoms with Crippen LogP contribution in [0, 0.1) is 0 Å². The molecule has 0 radical (unpaired) electrons. The first-order valence-corrected chi connectivity index (χ1v) is 6.58. The maximum atomic E-state index is 10.8. The van der Waals surface area contributed by atoms with Crippen molar-refractivity contribution < 1.29 is 10.2 Å². The lowest BCUT2D eigenvalue weighted by molar-refractivity contribution is 0.0915. The Kier molecular flexibility index (Phi) is 3.83. The predicted molar refractivity (Wildman–Crippen MR) is 74.3 cm³/mol. The van der Waals surface area contributed by atoms with E-state index in [2.05, 4.69) is 5.10 Å². The van der Waals surface area contributed by atoms with E-state index in [1.165, 1.54) is 12.1 Å². The fraction of sp³-hybridized carbons (Fsp3) is 0.357. The Hall–Kier alpha value is -1.52. The minimum Gasteiger partial charge on any atom is -0.508 e. The number of hydrogen-bond donors (Lipinski definition) is 2. The summed E-state index contributed by atoms with van der Waals surface area (Å²) in [5.41, 5.74) is -0.0250. The molecule has 0 aliphatic carbocycles. The molecule has 19 heavy (non-hydrogen) atoms. The number of hydrogen-bond acceptors (Lipinski definition) is 3. The SMILES string of the molecule is CCCn1ncc(Cl)c1C(C)(O)c1ccc(O)cc1. The molecule has 4 nitrogen and oxygen atoms in total. The Bertz CT molecular complexity index is 561. The van der Waals surface area contributed by atoms with Crippen LogP contribution >= 0.6 is 11.6 Å². The molecule has 5 heteroatoms. The van der Waals surface area contributed by atoms with Gasteiger partial charge in [-0.05, 0) is 31.0 Å². The number of rotatable bonds is 4. The van der Waals surface area contributed by atoms with E-state index in [1.54, 1.807) is 29.9 Å². The topological polar surface area (TPSA) is 58.3 Å². The first kappa shape index (κ1) is 13.9. The van der Waals surface area contributed by atoms with Crippen LogP contribution in [0.25, 0.3) is 0 Å². The van der Waals surface area contributed by atoms with E-state index < -0.39 is 5.60 Å². The maximum Gasteiger partial charge on any atom is 0.130 e. The van der Waals surface area contributed by atoms with Crippen LogP contribution in [-0.2, 0) is 12.1 Å². The molecule has 1 heterocycles. The van der Waals surface area contributed by atoms with Crippen molar-refractivity contribution in [3.05, 3.63) is 46.7 Å². The van der Waals surface area contributed by atoms with Crippen LogP contribution in [0.3, 0.4) is 0 Å². The standard InChI is InChI=1S/C14H17ClN2O2/c1-3-8-17-13(12(15)9-16-17)14(2,19)10-4-6-11(18)7-5-10/h4-7,9,18-19H,3,8H2,1-2H3. The number of phenols is 1. The van der Waals surface area contributed by atoms with Gasteiger partial charge in [0.05, 0.1) is 16.9 Å². The van der Waals surface area contributed by atoms with Crippen molar-refractivity contribution in [3.63, 3.8) is 0 Å². The van der Waals surface area contributed by atoms with E-state index in [4.69, 9.17) is 11.6 Å². The largest absolute Gasteiger partial charge is 0.508 e. The van der Waals surface area contributed by atoms with Gasteiger partial charge >= 0.3 is 0 Å². The highest BCUT2D eigenvalue weighted by atomic mass is 35.5. The lowest BCUT2D eigenvalue weighted by atomic mass is 9.92. The highest BCUT2D eigenvalue weighted by Crippen LogP contribution is 2.34. The minimum atomic E-state index is -1.25. The molecule has 0 aliphatic heterocycles. The van der Waals surface area contributed by atoms with Crippen LogP contribution in [0.4, 0.5) is 0 Å². The molecule has 0 amide bonds. The van der Waals surface area contributed by atoms with Crippen molar-refractivity contribution >= 4 is 11.6 Å². The van der Waals surface area contributed by atoms with E-state index in [-0.39, 0.29) is 5.75 Å². The fourth-order valence-corrected chi connectivity index (χ4v) is 2.48. The molecule has 1 unspecified atom stereocenters. The van der Waals surface area contributed by atoms with Crippen LogP contribution in [0.1, 0.15) is 31.5 Å². The number of nitrogens with zero attached hydrogens (tertiary/aromatic N) is 2. The number of benzene rings is 1. The van der Waals surface area contributed by atoms with Crippen molar-refractivity contribution in [1.29, 1.82) is 0 Å². The summed E-state index contributed by atoms with van der Waals surface area (Å²) in [5.74, 6) is 0.160. The van der Waals surface area contributed by atoms with Gasteiger partial charge in [0, 0.05) is 6.54 Å². The Morgan fingerprint density at radius 3 is 2.53 bits per heavy atom. The zero-order valence-corrected chi connectivity index (χ0v) is 11.7. The number of phenolic OH excluding ortho intramolecular Hbond substituents is 1. The Balaban J connectivity index is 2.49. The molecule has 0 fully saturated rings. The van der Waals surface area contributed by atoms with E-state index in [1.807, 2.05) is 6.92 Å². The molecule has 1 aromatic carbocycles. The molecule has 0 aliphatic rings. The summed E-state index contributed by atoms with van der Waals surface area (Å²) in [6, 6.07) is 6.43. The zero-order valence-electron chi connectivity index (χ0n) is 11.0. The van der Waals surface area contributed by atoms with Gasteiger partial charge in [0.1, 0.15) is 11.4 Å². The summed E-state index contributed by atoms with van der Waals surface area (Å²) >= 11 is 6.15. The summed E-state index contributed by atoms with van der Waals surface area (Å²) in [6.45, 7) is 4.40. The van der Waals surface area contributed by atoms with E-state index in [9.17, 15) is 10.2 Å². The Labute approximate surface area is 117 Å². The van der Waals surface area contributed by atoms with Crippen molar-refractivity contribution in [2.45, 2.75) is 32.4 Å². The molecular weight excluding hydrogens is 264 g/mol. The van der Waals surface area contributed by atoms with Gasteiger partial charge in [0.25, 0.3) is 0 Å². The van der Waals surface area contributed by atoms with Crippen molar-refractivity contribution in [2.75, 3.05) is 0 Å². The molecule has 1 aromatic heterocycles. The highest BCUT2D eigenvalue weighted by molar-refractivity contribution is 6.31. The molecule has 1 atom stereocenters. The quantitative estimate of drug-likeness (QED) is 0.905. The maximum absolute atomic E-state index is 10.8. The summed E-state index contributed by atoms with van der Waals surface area (Å²) < 4.78 is 1.72. The Morgan fingerprint density at radius 1 is 1.32 bits per heavy atom. The minimum absolute atomic E-state index is 0.160. The molecule has 2 N–H and O–H groups in total. The number of aliphatic hydroxyl groups is 1. The van der Waals surface area contributed by atoms with Gasteiger partial charge in [0.15, 0.2) is 0 Å². The van der Waals surface area contributed by atoms with E-state index in [0.29, 0.717) is 22.8 Å². The fourth-order valence-electron chi connectivity index (χ4n) is 2.15. The molecule has 102 valence electrons. The smallest absolute Gasteiger partial charge is 0.130 e. The second kappa shape index (κ2) is 5.23. The normalized spacial score (nSPS) is 14.3. The molecule has 0 saturated carbocycles. The third kappa shape index (κ3) is 2.60. The van der Waals surface area contributed by atoms with Gasteiger partial charge in [0.2, 0.25) is 0 Å². The molecule has 2 rings (SSSR count). The van der Waals surface area contributed by atoms with Crippen molar-refractivity contribution in [2.24, 2.45) is 0 Å². The van der Waals surface area contributed by atoms with E-state index >= 15 is 0 Å². The summed E-state index contributed by atoms with van der Waals surface area (Å²) in [6.07, 6.45) is 2.44. The van der Waals surface area contributed by atoms with Crippen LogP contribution in [0.2, 0.25) is 5.02 Å². The Morgan fingerprint density at radius 2 is 1.95 bits per heavy atom. The number of halogens is 1. The number of aromatic nitrogens is 2. The monoisotopic (exact) mass is 280 g/mol. The molecule has 0 bridgehead atoms. The third-order valence-electron chi connectivity index (χ3n) is 3.12. The van der Waals surface area contributed by atoms with Crippen molar-refractivity contribution in [3.8, 4) is 5.75 Å². The molecule has 0 saturated heterocycles. The van der Waals surface area contributed by atoms with Gasteiger partial charge in [-0.2, -0.15) is 5.10 Å². The molecule has 0 spiro atoms. The second-order valence-electron chi connectivity index (χ2n) is 4.68. The predicted octanol–water partition coefficient (Wildman–Crippen LogP) is 2.91. The third-order valence-corrected chi connectivity index (χ3v) is 3.40. The number of aromatic hydroxyl groups is 1. The summed E-state index contributed by atoms with van der Waals surface area (Å²) in [7, 11) is 0. The number of aryl methyl sites for hydroxylation is 1. The first-order valence-electron chi connectivity index (χ1n) is 6.20. The van der Waals surface area contributed by atoms with Crippen LogP contribution in [0.5, 0.6) is 5.75 Å². The zero-order chi connectivity index (χ0) is 14.0. The van der Waals surface area contributed by atoms with Crippen LogP contribution < -0.4 is 0 Å². The van der Waals surface area contributed by atoms with Crippen molar-refractivity contribution in [1.82, 2.24) is 9.78 Å². The van der Waals surface area contributed by atoms with Crippen LogP contribution in [0.15, 0.2) is 30.5 Å². The molecule has 2 aromatic rings. The van der Waals surface area contributed by atoms with Gasteiger partial charge in [-0.25, -0.2) is 0 Å². The average molecular weight is 281 g/mol. The van der Waals surface area contributed by atoms with Gasteiger partial charge in [-0.3, -0.25) is 4.68 Å². The van der Waals surface area contributed by atoms with Gasteiger partial charge < -0.3 is 10.2 Å². The lowest BCUT2D eigenvalue weighted by Crippen LogP contribution is -2.27. The van der Waals surface area contributed by atoms with E-state index in [0.717, 1.165) is 6.42 Å². The molecular formula is C14H17ClN2O2. The van der Waals surface area contributed by atoms with Crippen LogP contribution in [-0.4, -0.2) is 20.0 Å². The van der Waals surface area contributed by atoms with Gasteiger partial charge in [-0.1, -0.05) is 30.7 Å². The lowest BCUT2D eigenvalue weighted by Gasteiger charge is -2.25. The summed E-state index contributed by atoms with van der Waals surface area (Å²) in [5, 5.41) is 24.7. The highest BCUT2D eigenvalue weighted by Gasteiger charge is 2.32. The second-order valence-corrected chi connectivity index (χ2v) is 5.09.